The van der Waals surface area contributed by atoms with E-state index in [9.17, 15) is 14.4 Å². The summed E-state index contributed by atoms with van der Waals surface area (Å²) >= 11 is 0. The summed E-state index contributed by atoms with van der Waals surface area (Å²) in [5.41, 5.74) is 0.792. The molecular formula is C21H23NO4. The van der Waals surface area contributed by atoms with Crippen LogP contribution < -0.4 is 0 Å². The SMILES string of the molecule is C=C(Cn1cc(C(=O)OC)c2ccccc21)C1(C(C)=O)CCCCC1=O. The lowest BCUT2D eigenvalue weighted by Gasteiger charge is -2.35. The number of Topliss-reactive ketones (excluding diaryl/α,β-unsaturated/α-hetero) is 2. The van der Waals surface area contributed by atoms with Gasteiger partial charge in [-0.2, -0.15) is 0 Å². The number of carbonyl (C=O) groups is 3. The van der Waals surface area contributed by atoms with E-state index in [2.05, 4.69) is 6.58 Å². The second kappa shape index (κ2) is 6.90. The molecule has 1 unspecified atom stereocenters. The highest BCUT2D eigenvalue weighted by Gasteiger charge is 2.46. The Morgan fingerprint density at radius 2 is 2.00 bits per heavy atom. The number of para-hydroxylation sites is 1. The molecule has 1 aromatic heterocycles. The molecule has 1 aliphatic rings. The molecule has 0 saturated heterocycles. The maximum Gasteiger partial charge on any atom is 0.340 e. The van der Waals surface area contributed by atoms with E-state index in [4.69, 9.17) is 4.74 Å². The molecule has 0 aliphatic heterocycles. The molecule has 5 heteroatoms. The number of hydrogen-bond donors (Lipinski definition) is 0. The van der Waals surface area contributed by atoms with Gasteiger partial charge in [-0.05, 0) is 31.4 Å². The van der Waals surface area contributed by atoms with Gasteiger partial charge < -0.3 is 9.30 Å². The van der Waals surface area contributed by atoms with Crippen molar-refractivity contribution in [2.45, 2.75) is 39.2 Å². The molecule has 1 saturated carbocycles. The first-order valence-electron chi connectivity index (χ1n) is 8.80. The highest BCUT2D eigenvalue weighted by molar-refractivity contribution is 6.09. The fourth-order valence-corrected chi connectivity index (χ4v) is 4.01. The van der Waals surface area contributed by atoms with Gasteiger partial charge in [-0.15, -0.1) is 0 Å². The van der Waals surface area contributed by atoms with Crippen LogP contribution in [0.15, 0.2) is 42.6 Å². The Labute approximate surface area is 152 Å². The largest absolute Gasteiger partial charge is 0.465 e. The number of benzene rings is 1. The maximum atomic E-state index is 12.6. The number of fused-ring (bicyclic) bond motifs is 1. The summed E-state index contributed by atoms with van der Waals surface area (Å²) in [6.07, 6.45) is 4.30. The number of allylic oxidation sites excluding steroid dienone is 1. The third kappa shape index (κ3) is 2.77. The Kier molecular flexibility index (Phi) is 4.81. The van der Waals surface area contributed by atoms with Crippen LogP contribution in [0.2, 0.25) is 0 Å². The van der Waals surface area contributed by atoms with Crippen LogP contribution in [-0.4, -0.2) is 29.2 Å². The summed E-state index contributed by atoms with van der Waals surface area (Å²) in [6, 6.07) is 7.50. The normalized spacial score (nSPS) is 20.2. The van der Waals surface area contributed by atoms with E-state index in [0.717, 1.165) is 23.7 Å². The number of aromatic nitrogens is 1. The van der Waals surface area contributed by atoms with Crippen molar-refractivity contribution in [1.29, 1.82) is 0 Å². The Bertz CT molecular complexity index is 908. The van der Waals surface area contributed by atoms with Gasteiger partial charge in [-0.1, -0.05) is 31.2 Å². The van der Waals surface area contributed by atoms with Crippen molar-refractivity contribution in [2.24, 2.45) is 5.41 Å². The van der Waals surface area contributed by atoms with Gasteiger partial charge in [0.2, 0.25) is 0 Å². The van der Waals surface area contributed by atoms with Crippen LogP contribution in [0.25, 0.3) is 10.9 Å². The molecule has 0 spiro atoms. The van der Waals surface area contributed by atoms with Crippen molar-refractivity contribution in [3.05, 3.63) is 48.2 Å². The second-order valence-corrected chi connectivity index (χ2v) is 6.87. The van der Waals surface area contributed by atoms with Crippen LogP contribution in [0.5, 0.6) is 0 Å². The zero-order valence-electron chi connectivity index (χ0n) is 15.2. The lowest BCUT2D eigenvalue weighted by Crippen LogP contribution is -2.42. The number of ketones is 2. The van der Waals surface area contributed by atoms with Gasteiger partial charge in [-0.3, -0.25) is 9.59 Å². The third-order valence-electron chi connectivity index (χ3n) is 5.44. The van der Waals surface area contributed by atoms with Gasteiger partial charge >= 0.3 is 5.97 Å². The van der Waals surface area contributed by atoms with Crippen LogP contribution in [0.3, 0.4) is 0 Å². The monoisotopic (exact) mass is 353 g/mol. The smallest absolute Gasteiger partial charge is 0.340 e. The second-order valence-electron chi connectivity index (χ2n) is 6.87. The highest BCUT2D eigenvalue weighted by Crippen LogP contribution is 2.41. The standard InChI is InChI=1S/C21H23NO4/c1-14(21(15(2)23)11-7-6-10-19(21)24)12-22-13-17(20(25)26-3)16-8-4-5-9-18(16)22/h4-5,8-9,13H,1,6-7,10-12H2,2-3H3. The van der Waals surface area contributed by atoms with Crippen molar-refractivity contribution in [2.75, 3.05) is 7.11 Å². The lowest BCUT2D eigenvalue weighted by atomic mass is 9.66. The molecule has 1 aromatic carbocycles. The molecule has 3 rings (SSSR count). The van der Waals surface area contributed by atoms with Crippen LogP contribution in [-0.2, 0) is 20.9 Å². The first-order chi connectivity index (χ1) is 12.4. The van der Waals surface area contributed by atoms with E-state index < -0.39 is 11.4 Å². The first-order valence-corrected chi connectivity index (χ1v) is 8.80. The molecule has 0 amide bonds. The topological polar surface area (TPSA) is 65.4 Å². The van der Waals surface area contributed by atoms with Gasteiger partial charge in [-0.25, -0.2) is 4.79 Å². The van der Waals surface area contributed by atoms with Gasteiger partial charge in [0.05, 0.1) is 12.7 Å². The van der Waals surface area contributed by atoms with Crippen LogP contribution in [0, 0.1) is 5.41 Å². The van der Waals surface area contributed by atoms with Crippen LogP contribution in [0.1, 0.15) is 43.0 Å². The van der Waals surface area contributed by atoms with Gasteiger partial charge in [0.1, 0.15) is 11.2 Å². The summed E-state index contributed by atoms with van der Waals surface area (Å²) < 4.78 is 6.74. The van der Waals surface area contributed by atoms with E-state index in [1.807, 2.05) is 28.8 Å². The van der Waals surface area contributed by atoms with Gasteiger partial charge in [0.25, 0.3) is 0 Å². The van der Waals surface area contributed by atoms with Crippen molar-refractivity contribution >= 4 is 28.4 Å². The van der Waals surface area contributed by atoms with Crippen LogP contribution in [0.4, 0.5) is 0 Å². The van der Waals surface area contributed by atoms with E-state index in [-0.39, 0.29) is 11.6 Å². The predicted octanol–water partition coefficient (Wildman–Crippen LogP) is 3.70. The van der Waals surface area contributed by atoms with E-state index >= 15 is 0 Å². The van der Waals surface area contributed by atoms with Crippen molar-refractivity contribution < 1.29 is 19.1 Å². The number of ether oxygens (including phenoxy) is 1. The zero-order chi connectivity index (χ0) is 18.9. The Balaban J connectivity index is 2.03. The van der Waals surface area contributed by atoms with Crippen LogP contribution >= 0.6 is 0 Å². The Morgan fingerprint density at radius 3 is 2.65 bits per heavy atom. The summed E-state index contributed by atoms with van der Waals surface area (Å²) in [5.74, 6) is -0.594. The Hall–Kier alpha value is -2.69. The number of methoxy groups -OCH3 is 1. The summed E-state index contributed by atoms with van der Waals surface area (Å²) in [4.78, 5) is 37.2. The minimum Gasteiger partial charge on any atom is -0.465 e. The maximum absolute atomic E-state index is 12.6. The summed E-state index contributed by atoms with van der Waals surface area (Å²) in [6.45, 7) is 5.90. The van der Waals surface area contributed by atoms with Crippen molar-refractivity contribution in [1.82, 2.24) is 4.57 Å². The number of rotatable bonds is 5. The zero-order valence-corrected chi connectivity index (χ0v) is 15.2. The summed E-state index contributed by atoms with van der Waals surface area (Å²) in [7, 11) is 1.35. The molecular weight excluding hydrogens is 330 g/mol. The van der Waals surface area contributed by atoms with E-state index in [1.54, 1.807) is 6.20 Å². The fraction of sp³-hybridized carbons (Fsp3) is 0.381. The quantitative estimate of drug-likeness (QED) is 0.467. The molecule has 26 heavy (non-hydrogen) atoms. The number of esters is 1. The minimum absolute atomic E-state index is 0.0362. The molecule has 0 radical (unpaired) electrons. The van der Waals surface area contributed by atoms with E-state index in [0.29, 0.717) is 30.5 Å². The first kappa shape index (κ1) is 18.1. The number of nitrogens with zero attached hydrogens (tertiary/aromatic N) is 1. The number of carbonyl (C=O) groups excluding carboxylic acids is 3. The molecule has 5 nitrogen and oxygen atoms in total. The lowest BCUT2D eigenvalue weighted by molar-refractivity contribution is -0.139. The molecule has 1 heterocycles. The van der Waals surface area contributed by atoms with Crippen molar-refractivity contribution in [3.63, 3.8) is 0 Å². The molecule has 2 aromatic rings. The molecule has 0 N–H and O–H groups in total. The average molecular weight is 353 g/mol. The molecule has 1 fully saturated rings. The molecule has 136 valence electrons. The van der Waals surface area contributed by atoms with Gasteiger partial charge in [0.15, 0.2) is 5.78 Å². The average Bonchev–Trinajstić information content (AvgIpc) is 3.00. The van der Waals surface area contributed by atoms with Gasteiger partial charge in [0, 0.05) is 30.1 Å². The molecule has 1 aliphatic carbocycles. The summed E-state index contributed by atoms with van der Waals surface area (Å²) in [5, 5.41) is 0.777. The third-order valence-corrected chi connectivity index (χ3v) is 5.44. The fourth-order valence-electron chi connectivity index (χ4n) is 4.01. The molecule has 1 atom stereocenters. The van der Waals surface area contributed by atoms with Crippen molar-refractivity contribution in [3.8, 4) is 0 Å². The predicted molar refractivity (Wildman–Crippen MR) is 99.0 cm³/mol. The van der Waals surface area contributed by atoms with E-state index in [1.165, 1.54) is 14.0 Å². The molecule has 0 bridgehead atoms. The highest BCUT2D eigenvalue weighted by atomic mass is 16.5. The Morgan fingerprint density at radius 1 is 1.27 bits per heavy atom. The minimum atomic E-state index is -1.10. The number of hydrogen-bond acceptors (Lipinski definition) is 4.